The van der Waals surface area contributed by atoms with Crippen LogP contribution in [0.5, 0.6) is 5.75 Å². The van der Waals surface area contributed by atoms with Gasteiger partial charge < -0.3 is 26.8 Å². The SMILES string of the molecule is NC(=O)[C@@H]1CSC([C@H](Cc2ccccc2)NC(=O)[C@H]2CCCN2C(=O)[C@@H](N)Cc2ccc(O)cc2)N1. The molecule has 2 aromatic rings. The molecule has 192 valence electrons. The Labute approximate surface area is 215 Å². The van der Waals surface area contributed by atoms with E-state index in [1.807, 2.05) is 30.3 Å². The van der Waals surface area contributed by atoms with Crippen LogP contribution >= 0.6 is 11.8 Å². The minimum absolute atomic E-state index is 0.150. The molecule has 0 aliphatic carbocycles. The maximum absolute atomic E-state index is 13.4. The Kier molecular flexibility index (Phi) is 8.50. The lowest BCUT2D eigenvalue weighted by molar-refractivity contribution is -0.139. The lowest BCUT2D eigenvalue weighted by Crippen LogP contribution is -2.56. The van der Waals surface area contributed by atoms with Crippen molar-refractivity contribution in [3.05, 3.63) is 65.7 Å². The first kappa shape index (κ1) is 26.0. The highest BCUT2D eigenvalue weighted by atomic mass is 32.2. The van der Waals surface area contributed by atoms with Crippen LogP contribution in [0.1, 0.15) is 24.0 Å². The monoisotopic (exact) mass is 511 g/mol. The summed E-state index contributed by atoms with van der Waals surface area (Å²) in [5.74, 6) is -0.200. The Hall–Kier alpha value is -3.08. The number of nitrogens with two attached hydrogens (primary N) is 2. The van der Waals surface area contributed by atoms with E-state index in [0.717, 1.165) is 17.5 Å². The van der Waals surface area contributed by atoms with Crippen molar-refractivity contribution in [2.75, 3.05) is 12.3 Å². The number of thioether (sulfide) groups is 1. The van der Waals surface area contributed by atoms with Crippen molar-refractivity contribution < 1.29 is 19.5 Å². The number of amides is 3. The normalized spacial score (nSPS) is 23.2. The van der Waals surface area contributed by atoms with Crippen LogP contribution in [0.4, 0.5) is 0 Å². The summed E-state index contributed by atoms with van der Waals surface area (Å²) in [5.41, 5.74) is 13.6. The molecule has 7 N–H and O–H groups in total. The Morgan fingerprint density at radius 1 is 1.08 bits per heavy atom. The summed E-state index contributed by atoms with van der Waals surface area (Å²) in [6.07, 6.45) is 2.18. The van der Waals surface area contributed by atoms with Crippen LogP contribution in [0.15, 0.2) is 54.6 Å². The van der Waals surface area contributed by atoms with Crippen molar-refractivity contribution in [1.29, 1.82) is 0 Å². The third-order valence-corrected chi connectivity index (χ3v) is 8.04. The van der Waals surface area contributed by atoms with Crippen molar-refractivity contribution in [3.8, 4) is 5.75 Å². The maximum Gasteiger partial charge on any atom is 0.243 e. The predicted octanol–water partition coefficient (Wildman–Crippen LogP) is 0.497. The molecule has 2 aromatic carbocycles. The van der Waals surface area contributed by atoms with E-state index in [0.29, 0.717) is 31.6 Å². The molecule has 10 heteroatoms. The topological polar surface area (TPSA) is 151 Å². The zero-order valence-electron chi connectivity index (χ0n) is 20.0. The first-order valence-corrected chi connectivity index (χ1v) is 13.2. The van der Waals surface area contributed by atoms with Gasteiger partial charge in [-0.25, -0.2) is 0 Å². The highest BCUT2D eigenvalue weighted by Crippen LogP contribution is 2.25. The van der Waals surface area contributed by atoms with E-state index in [-0.39, 0.29) is 29.0 Å². The highest BCUT2D eigenvalue weighted by Gasteiger charge is 2.39. The van der Waals surface area contributed by atoms with E-state index in [2.05, 4.69) is 10.6 Å². The second-order valence-corrected chi connectivity index (χ2v) is 10.5. The molecular formula is C26H33N5O4S. The molecule has 0 radical (unpaired) electrons. The molecular weight excluding hydrogens is 478 g/mol. The number of phenolic OH excluding ortho intramolecular Hbond substituents is 1. The Morgan fingerprint density at radius 3 is 2.44 bits per heavy atom. The smallest absolute Gasteiger partial charge is 0.243 e. The number of carbonyl (C=O) groups excluding carboxylic acids is 3. The van der Waals surface area contributed by atoms with Gasteiger partial charge in [0.2, 0.25) is 17.7 Å². The number of hydrogen-bond acceptors (Lipinski definition) is 7. The number of nitrogens with one attached hydrogen (secondary N) is 2. The fraction of sp³-hybridized carbons (Fsp3) is 0.423. The van der Waals surface area contributed by atoms with Crippen LogP contribution in [0, 0.1) is 0 Å². The van der Waals surface area contributed by atoms with Gasteiger partial charge in [0.25, 0.3) is 0 Å². The van der Waals surface area contributed by atoms with Crippen LogP contribution in [0.3, 0.4) is 0 Å². The van der Waals surface area contributed by atoms with Gasteiger partial charge >= 0.3 is 0 Å². The number of nitrogens with zero attached hydrogens (tertiary/aromatic N) is 1. The quantitative estimate of drug-likeness (QED) is 0.329. The van der Waals surface area contributed by atoms with Gasteiger partial charge in [-0.05, 0) is 48.9 Å². The molecule has 0 aromatic heterocycles. The standard InChI is InChI=1S/C26H33N5O4S/c27-19(13-17-8-10-18(32)11-9-17)26(35)31-12-4-7-22(31)24(34)29-20(14-16-5-2-1-3-6-16)25-30-21(15-36-25)23(28)33/h1-3,5-6,8-11,19-22,25,30,32H,4,7,12-15,27H2,(H2,28,33)(H,29,34)/t19-,20-,21-,22+,25?/m0/s1. The largest absolute Gasteiger partial charge is 0.508 e. The number of phenols is 1. The van der Waals surface area contributed by atoms with Crippen molar-refractivity contribution in [1.82, 2.24) is 15.5 Å². The molecule has 1 unspecified atom stereocenters. The summed E-state index contributed by atoms with van der Waals surface area (Å²) in [6, 6.07) is 14.3. The summed E-state index contributed by atoms with van der Waals surface area (Å²) in [6.45, 7) is 0.476. The van der Waals surface area contributed by atoms with E-state index >= 15 is 0 Å². The molecule has 36 heavy (non-hydrogen) atoms. The molecule has 0 saturated carbocycles. The van der Waals surface area contributed by atoms with Gasteiger partial charge in [0.1, 0.15) is 11.8 Å². The van der Waals surface area contributed by atoms with Gasteiger partial charge in [-0.15, -0.1) is 11.8 Å². The maximum atomic E-state index is 13.4. The second kappa shape index (κ2) is 11.8. The molecule has 3 amide bonds. The number of rotatable bonds is 9. The lowest BCUT2D eigenvalue weighted by Gasteiger charge is -2.30. The Morgan fingerprint density at radius 2 is 1.78 bits per heavy atom. The van der Waals surface area contributed by atoms with Gasteiger partial charge in [-0.3, -0.25) is 19.7 Å². The molecule has 4 rings (SSSR count). The molecule has 2 aliphatic rings. The number of hydrogen-bond donors (Lipinski definition) is 5. The Bertz CT molecular complexity index is 1070. The van der Waals surface area contributed by atoms with E-state index in [4.69, 9.17) is 11.5 Å². The van der Waals surface area contributed by atoms with Gasteiger partial charge in [-0.2, -0.15) is 0 Å². The molecule has 9 nitrogen and oxygen atoms in total. The first-order valence-electron chi connectivity index (χ1n) is 12.2. The van der Waals surface area contributed by atoms with Crippen molar-refractivity contribution >= 4 is 29.5 Å². The van der Waals surface area contributed by atoms with Gasteiger partial charge in [0, 0.05) is 12.3 Å². The summed E-state index contributed by atoms with van der Waals surface area (Å²) < 4.78 is 0. The van der Waals surface area contributed by atoms with Crippen molar-refractivity contribution in [2.24, 2.45) is 11.5 Å². The average Bonchev–Trinajstić information content (AvgIpc) is 3.56. The predicted molar refractivity (Wildman–Crippen MR) is 139 cm³/mol. The molecule has 2 heterocycles. The van der Waals surface area contributed by atoms with Crippen LogP contribution < -0.4 is 22.1 Å². The summed E-state index contributed by atoms with van der Waals surface area (Å²) in [5, 5.41) is 15.7. The summed E-state index contributed by atoms with van der Waals surface area (Å²) in [4.78, 5) is 39.9. The summed E-state index contributed by atoms with van der Waals surface area (Å²) >= 11 is 1.56. The van der Waals surface area contributed by atoms with Crippen LogP contribution in [0.2, 0.25) is 0 Å². The van der Waals surface area contributed by atoms with E-state index in [1.54, 1.807) is 40.9 Å². The fourth-order valence-electron chi connectivity index (χ4n) is 4.76. The van der Waals surface area contributed by atoms with Crippen LogP contribution in [-0.2, 0) is 27.2 Å². The number of carbonyl (C=O) groups is 3. The Balaban J connectivity index is 1.43. The number of primary amides is 1. The summed E-state index contributed by atoms with van der Waals surface area (Å²) in [7, 11) is 0. The van der Waals surface area contributed by atoms with Crippen molar-refractivity contribution in [2.45, 2.75) is 55.2 Å². The number of likely N-dealkylation sites (tertiary alicyclic amines) is 1. The third kappa shape index (κ3) is 6.37. The molecule has 2 aliphatic heterocycles. The minimum atomic E-state index is -0.786. The zero-order chi connectivity index (χ0) is 25.7. The third-order valence-electron chi connectivity index (χ3n) is 6.69. The molecule has 0 bridgehead atoms. The minimum Gasteiger partial charge on any atom is -0.508 e. The van der Waals surface area contributed by atoms with Crippen molar-refractivity contribution in [3.63, 3.8) is 0 Å². The van der Waals surface area contributed by atoms with Crippen LogP contribution in [0.25, 0.3) is 0 Å². The fourth-order valence-corrected chi connectivity index (χ4v) is 6.08. The van der Waals surface area contributed by atoms with E-state index in [1.165, 1.54) is 0 Å². The van der Waals surface area contributed by atoms with E-state index < -0.39 is 24.0 Å². The first-order chi connectivity index (χ1) is 17.3. The number of benzene rings is 2. The lowest BCUT2D eigenvalue weighted by atomic mass is 10.0. The molecule has 2 saturated heterocycles. The van der Waals surface area contributed by atoms with Gasteiger partial charge in [0.05, 0.1) is 23.5 Å². The average molecular weight is 512 g/mol. The molecule has 2 fully saturated rings. The number of aromatic hydroxyl groups is 1. The van der Waals surface area contributed by atoms with Crippen LogP contribution in [-0.4, -0.2) is 69.6 Å². The molecule has 0 spiro atoms. The second-order valence-electron chi connectivity index (χ2n) is 9.35. The highest BCUT2D eigenvalue weighted by molar-refractivity contribution is 8.00. The van der Waals surface area contributed by atoms with E-state index in [9.17, 15) is 19.5 Å². The van der Waals surface area contributed by atoms with Gasteiger partial charge in [0.15, 0.2) is 0 Å². The zero-order valence-corrected chi connectivity index (χ0v) is 20.8. The van der Waals surface area contributed by atoms with Gasteiger partial charge in [-0.1, -0.05) is 42.5 Å². The molecule has 5 atom stereocenters.